The zero-order chi connectivity index (χ0) is 12.2. The normalized spacial score (nSPS) is 26.3. The molecule has 0 atom stereocenters. The van der Waals surface area contributed by atoms with Crippen LogP contribution in [0.15, 0.2) is 18.2 Å². The minimum atomic E-state index is -0.359. The maximum absolute atomic E-state index is 6.37. The van der Waals surface area contributed by atoms with Gasteiger partial charge in [-0.15, -0.1) is 0 Å². The molecule has 1 aliphatic heterocycles. The Balaban J connectivity index is 1.66. The van der Waals surface area contributed by atoms with E-state index in [4.69, 9.17) is 15.2 Å². The first-order valence-electron chi connectivity index (χ1n) is 7.01. The van der Waals surface area contributed by atoms with E-state index in [9.17, 15) is 0 Å². The lowest BCUT2D eigenvalue weighted by Gasteiger charge is -2.38. The van der Waals surface area contributed by atoms with Crippen LogP contribution in [-0.2, 0) is 5.54 Å². The molecule has 1 spiro atoms. The largest absolute Gasteiger partial charge is 0.448 e. The molecule has 2 fully saturated rings. The third-order valence-electron chi connectivity index (χ3n) is 4.72. The SMILES string of the molecule is NC1(c2ccc3c(c2)OC2(CCCC2)O3)CCC1. The molecule has 96 valence electrons. The van der Waals surface area contributed by atoms with E-state index in [1.165, 1.54) is 24.8 Å². The summed E-state index contributed by atoms with van der Waals surface area (Å²) in [6.07, 6.45) is 7.79. The van der Waals surface area contributed by atoms with E-state index in [1.807, 2.05) is 6.07 Å². The van der Waals surface area contributed by atoms with Crippen molar-refractivity contribution in [2.24, 2.45) is 5.73 Å². The number of hydrogen-bond donors (Lipinski definition) is 1. The molecule has 1 aromatic carbocycles. The third-order valence-corrected chi connectivity index (χ3v) is 4.72. The topological polar surface area (TPSA) is 44.5 Å². The van der Waals surface area contributed by atoms with Crippen LogP contribution in [0.4, 0.5) is 0 Å². The summed E-state index contributed by atoms with van der Waals surface area (Å²) in [5, 5.41) is 0. The van der Waals surface area contributed by atoms with Crippen molar-refractivity contribution in [1.29, 1.82) is 0 Å². The van der Waals surface area contributed by atoms with Gasteiger partial charge in [0.05, 0.1) is 0 Å². The van der Waals surface area contributed by atoms with Crippen LogP contribution in [0.25, 0.3) is 0 Å². The quantitative estimate of drug-likeness (QED) is 0.827. The van der Waals surface area contributed by atoms with E-state index < -0.39 is 0 Å². The van der Waals surface area contributed by atoms with Gasteiger partial charge in [-0.05, 0) is 49.8 Å². The van der Waals surface area contributed by atoms with Gasteiger partial charge in [0.25, 0.3) is 5.79 Å². The Morgan fingerprint density at radius 1 is 0.889 bits per heavy atom. The molecule has 0 aromatic heterocycles. The Morgan fingerprint density at radius 3 is 2.28 bits per heavy atom. The summed E-state index contributed by atoms with van der Waals surface area (Å²) in [7, 11) is 0. The van der Waals surface area contributed by atoms with Crippen LogP contribution in [0, 0.1) is 0 Å². The third kappa shape index (κ3) is 1.40. The van der Waals surface area contributed by atoms with Gasteiger partial charge >= 0.3 is 0 Å². The molecule has 1 heterocycles. The maximum atomic E-state index is 6.37. The zero-order valence-electron chi connectivity index (χ0n) is 10.6. The highest BCUT2D eigenvalue weighted by molar-refractivity contribution is 5.48. The Bertz CT molecular complexity index is 487. The van der Waals surface area contributed by atoms with E-state index >= 15 is 0 Å². The summed E-state index contributed by atoms with van der Waals surface area (Å²) in [5.41, 5.74) is 7.45. The molecule has 0 unspecified atom stereocenters. The predicted octanol–water partition coefficient (Wildman–Crippen LogP) is 3.07. The Hall–Kier alpha value is -1.22. The second-order valence-corrected chi connectivity index (χ2v) is 5.99. The van der Waals surface area contributed by atoms with E-state index in [1.54, 1.807) is 0 Å². The first-order chi connectivity index (χ1) is 8.69. The number of fused-ring (bicyclic) bond motifs is 1. The van der Waals surface area contributed by atoms with Crippen LogP contribution >= 0.6 is 0 Å². The van der Waals surface area contributed by atoms with Crippen molar-refractivity contribution in [1.82, 2.24) is 0 Å². The molecule has 3 nitrogen and oxygen atoms in total. The summed E-state index contributed by atoms with van der Waals surface area (Å²) in [4.78, 5) is 0. The van der Waals surface area contributed by atoms with Crippen LogP contribution in [0.5, 0.6) is 11.5 Å². The van der Waals surface area contributed by atoms with E-state index in [0.717, 1.165) is 37.2 Å². The summed E-state index contributed by atoms with van der Waals surface area (Å²) in [6, 6.07) is 6.24. The molecule has 18 heavy (non-hydrogen) atoms. The van der Waals surface area contributed by atoms with Crippen molar-refractivity contribution in [3.05, 3.63) is 23.8 Å². The molecule has 4 rings (SSSR count). The highest BCUT2D eigenvalue weighted by Crippen LogP contribution is 2.49. The van der Waals surface area contributed by atoms with Crippen LogP contribution in [0.1, 0.15) is 50.5 Å². The van der Waals surface area contributed by atoms with E-state index in [2.05, 4.69) is 12.1 Å². The van der Waals surface area contributed by atoms with Crippen molar-refractivity contribution in [3.63, 3.8) is 0 Å². The number of benzene rings is 1. The van der Waals surface area contributed by atoms with Crippen LogP contribution in [-0.4, -0.2) is 5.79 Å². The first-order valence-corrected chi connectivity index (χ1v) is 7.01. The molecule has 2 saturated carbocycles. The smallest absolute Gasteiger partial charge is 0.251 e. The highest BCUT2D eigenvalue weighted by atomic mass is 16.7. The van der Waals surface area contributed by atoms with Gasteiger partial charge in [0, 0.05) is 18.4 Å². The summed E-state index contributed by atoms with van der Waals surface area (Å²) < 4.78 is 12.1. The standard InChI is InChI=1S/C15H19NO2/c16-14(6-3-7-14)11-4-5-12-13(10-11)18-15(17-12)8-1-2-9-15/h4-5,10H,1-3,6-9,16H2. The van der Waals surface area contributed by atoms with Crippen molar-refractivity contribution in [3.8, 4) is 11.5 Å². The second kappa shape index (κ2) is 3.41. The van der Waals surface area contributed by atoms with Gasteiger partial charge in [0.15, 0.2) is 11.5 Å². The van der Waals surface area contributed by atoms with Gasteiger partial charge in [0.2, 0.25) is 0 Å². The molecule has 0 radical (unpaired) electrons. The van der Waals surface area contributed by atoms with E-state index in [-0.39, 0.29) is 11.3 Å². The minimum Gasteiger partial charge on any atom is -0.448 e. The van der Waals surface area contributed by atoms with Crippen molar-refractivity contribution in [2.75, 3.05) is 0 Å². The van der Waals surface area contributed by atoms with Crippen LogP contribution < -0.4 is 15.2 Å². The molecule has 3 aliphatic rings. The molecule has 2 aliphatic carbocycles. The fourth-order valence-electron chi connectivity index (χ4n) is 3.37. The van der Waals surface area contributed by atoms with Crippen LogP contribution in [0.2, 0.25) is 0 Å². The molecule has 0 saturated heterocycles. The molecule has 1 aromatic rings. The highest BCUT2D eigenvalue weighted by Gasteiger charge is 2.45. The monoisotopic (exact) mass is 245 g/mol. The molecular formula is C15H19NO2. The van der Waals surface area contributed by atoms with Gasteiger partial charge in [-0.25, -0.2) is 0 Å². The van der Waals surface area contributed by atoms with Crippen molar-refractivity contribution in [2.45, 2.75) is 56.3 Å². The summed E-state index contributed by atoms with van der Waals surface area (Å²) in [6.45, 7) is 0. The predicted molar refractivity (Wildman–Crippen MR) is 68.6 cm³/mol. The number of nitrogens with two attached hydrogens (primary N) is 1. The van der Waals surface area contributed by atoms with Gasteiger partial charge in [-0.2, -0.15) is 0 Å². The fourth-order valence-corrected chi connectivity index (χ4v) is 3.37. The van der Waals surface area contributed by atoms with Gasteiger partial charge in [0.1, 0.15) is 0 Å². The van der Waals surface area contributed by atoms with Crippen molar-refractivity contribution < 1.29 is 9.47 Å². The molecule has 2 N–H and O–H groups in total. The molecule has 0 amide bonds. The second-order valence-electron chi connectivity index (χ2n) is 5.99. The van der Waals surface area contributed by atoms with Gasteiger partial charge in [-0.3, -0.25) is 0 Å². The molecule has 0 bridgehead atoms. The summed E-state index contributed by atoms with van der Waals surface area (Å²) >= 11 is 0. The first kappa shape index (κ1) is 10.7. The maximum Gasteiger partial charge on any atom is 0.251 e. The van der Waals surface area contributed by atoms with E-state index in [0.29, 0.717) is 0 Å². The fraction of sp³-hybridized carbons (Fsp3) is 0.600. The lowest BCUT2D eigenvalue weighted by Crippen LogP contribution is -2.43. The molecular weight excluding hydrogens is 226 g/mol. The lowest BCUT2D eigenvalue weighted by atomic mass is 9.73. The van der Waals surface area contributed by atoms with Crippen molar-refractivity contribution >= 4 is 0 Å². The average Bonchev–Trinajstić information content (AvgIpc) is 2.92. The lowest BCUT2D eigenvalue weighted by molar-refractivity contribution is -0.0716. The zero-order valence-corrected chi connectivity index (χ0v) is 10.6. The Morgan fingerprint density at radius 2 is 1.61 bits per heavy atom. The number of ether oxygens (including phenoxy) is 2. The average molecular weight is 245 g/mol. The Kier molecular flexibility index (Phi) is 2.03. The number of hydrogen-bond acceptors (Lipinski definition) is 3. The van der Waals surface area contributed by atoms with Gasteiger partial charge < -0.3 is 15.2 Å². The van der Waals surface area contributed by atoms with Crippen LogP contribution in [0.3, 0.4) is 0 Å². The Labute approximate surface area is 107 Å². The minimum absolute atomic E-state index is 0.121. The number of rotatable bonds is 1. The van der Waals surface area contributed by atoms with Gasteiger partial charge in [-0.1, -0.05) is 6.07 Å². The molecule has 3 heteroatoms. The summed E-state index contributed by atoms with van der Waals surface area (Å²) in [5.74, 6) is 1.43.